The fraction of sp³-hybridized carbons (Fsp3) is 0.188. The van der Waals surface area contributed by atoms with Gasteiger partial charge >= 0.3 is 5.69 Å². The van der Waals surface area contributed by atoms with Crippen molar-refractivity contribution < 1.29 is 4.79 Å². The summed E-state index contributed by atoms with van der Waals surface area (Å²) in [6.07, 6.45) is 0. The molecule has 0 fully saturated rings. The van der Waals surface area contributed by atoms with Crippen molar-refractivity contribution in [2.24, 2.45) is 0 Å². The predicted octanol–water partition coefficient (Wildman–Crippen LogP) is 2.66. The van der Waals surface area contributed by atoms with Gasteiger partial charge in [0.1, 0.15) is 11.4 Å². The number of anilines is 1. The Bertz CT molecular complexity index is 1060. The van der Waals surface area contributed by atoms with E-state index in [2.05, 4.69) is 10.3 Å². The lowest BCUT2D eigenvalue weighted by atomic mass is 10.2. The van der Waals surface area contributed by atoms with Gasteiger partial charge in [0, 0.05) is 15.6 Å². The number of amides is 1. The van der Waals surface area contributed by atoms with E-state index >= 15 is 0 Å². The zero-order chi connectivity index (χ0) is 17.4. The number of carbonyl (C=O) groups is 1. The Hall–Kier alpha value is -2.38. The Morgan fingerprint density at radius 2 is 2.04 bits per heavy atom. The number of carbonyl (C=O) groups excluding carboxylic acids is 1. The number of hydrogen-bond acceptors (Lipinski definition) is 4. The molecule has 124 valence electrons. The van der Waals surface area contributed by atoms with Crippen LogP contribution >= 0.6 is 22.9 Å². The van der Waals surface area contributed by atoms with E-state index in [1.165, 1.54) is 11.3 Å². The molecule has 24 heavy (non-hydrogen) atoms. The van der Waals surface area contributed by atoms with E-state index in [4.69, 9.17) is 11.6 Å². The van der Waals surface area contributed by atoms with Gasteiger partial charge in [-0.15, -0.1) is 11.3 Å². The number of thiophene rings is 1. The van der Waals surface area contributed by atoms with Crippen LogP contribution in [0, 0.1) is 13.8 Å². The highest BCUT2D eigenvalue weighted by Crippen LogP contribution is 2.20. The summed E-state index contributed by atoms with van der Waals surface area (Å²) < 4.78 is 0.889. The molecule has 2 N–H and O–H groups in total. The number of hydrogen-bond donors (Lipinski definition) is 2. The molecule has 0 spiro atoms. The summed E-state index contributed by atoms with van der Waals surface area (Å²) >= 11 is 7.34. The third-order valence-corrected chi connectivity index (χ3v) is 4.93. The van der Waals surface area contributed by atoms with E-state index in [1.807, 2.05) is 13.8 Å². The Labute approximate surface area is 145 Å². The Kier molecular flexibility index (Phi) is 4.29. The molecule has 6 nitrogen and oxygen atoms in total. The van der Waals surface area contributed by atoms with Gasteiger partial charge in [-0.25, -0.2) is 4.79 Å². The number of benzene rings is 1. The van der Waals surface area contributed by atoms with E-state index in [0.717, 1.165) is 15.0 Å². The molecule has 0 aliphatic carbocycles. The highest BCUT2D eigenvalue weighted by molar-refractivity contribution is 7.18. The molecule has 3 aromatic rings. The topological polar surface area (TPSA) is 84.0 Å². The highest BCUT2D eigenvalue weighted by Gasteiger charge is 2.13. The first kappa shape index (κ1) is 16.5. The summed E-state index contributed by atoms with van der Waals surface area (Å²) in [5.41, 5.74) is 0.315. The second-order valence-corrected chi connectivity index (χ2v) is 7.10. The minimum Gasteiger partial charge on any atom is -0.324 e. The number of H-pyrrole nitrogens is 1. The van der Waals surface area contributed by atoms with Crippen LogP contribution in [0.25, 0.3) is 10.2 Å². The van der Waals surface area contributed by atoms with Crippen molar-refractivity contribution in [1.29, 1.82) is 0 Å². The molecular formula is C16H14ClN3O3S. The summed E-state index contributed by atoms with van der Waals surface area (Å²) in [6, 6.07) is 6.80. The van der Waals surface area contributed by atoms with Crippen molar-refractivity contribution in [1.82, 2.24) is 9.55 Å². The van der Waals surface area contributed by atoms with Gasteiger partial charge in [0.25, 0.3) is 5.56 Å². The van der Waals surface area contributed by atoms with Crippen LogP contribution in [0.1, 0.15) is 10.4 Å². The summed E-state index contributed by atoms with van der Waals surface area (Å²) in [6.45, 7) is 3.33. The number of halogens is 1. The van der Waals surface area contributed by atoms with Crippen LogP contribution < -0.4 is 16.6 Å². The Morgan fingerprint density at radius 3 is 2.75 bits per heavy atom. The van der Waals surface area contributed by atoms with Gasteiger partial charge in [0.2, 0.25) is 5.91 Å². The number of nitrogens with one attached hydrogen (secondary N) is 2. The molecule has 0 aliphatic rings. The zero-order valence-electron chi connectivity index (χ0n) is 13.0. The van der Waals surface area contributed by atoms with Gasteiger partial charge in [-0.1, -0.05) is 17.7 Å². The van der Waals surface area contributed by atoms with Gasteiger partial charge < -0.3 is 5.32 Å². The SMILES string of the molecule is Cc1cc2c(=O)n(CC(=O)Nc3ccc(C)c(Cl)c3)c(=O)[nH]c2s1. The average molecular weight is 364 g/mol. The highest BCUT2D eigenvalue weighted by atomic mass is 35.5. The number of nitrogens with zero attached hydrogens (tertiary/aromatic N) is 1. The summed E-state index contributed by atoms with van der Waals surface area (Å²) in [5.74, 6) is -0.478. The normalized spacial score (nSPS) is 11.0. The van der Waals surface area contributed by atoms with Gasteiger partial charge in [-0.2, -0.15) is 0 Å². The molecule has 3 rings (SSSR count). The van der Waals surface area contributed by atoms with Crippen LogP contribution in [0.2, 0.25) is 5.02 Å². The number of rotatable bonds is 3. The minimum absolute atomic E-state index is 0.371. The van der Waals surface area contributed by atoms with Gasteiger partial charge in [0.05, 0.1) is 5.39 Å². The van der Waals surface area contributed by atoms with Crippen molar-refractivity contribution in [3.05, 3.63) is 60.6 Å². The first-order chi connectivity index (χ1) is 11.3. The largest absolute Gasteiger partial charge is 0.329 e. The molecular weight excluding hydrogens is 350 g/mol. The van der Waals surface area contributed by atoms with Crippen molar-refractivity contribution in [3.63, 3.8) is 0 Å². The maximum atomic E-state index is 12.4. The van der Waals surface area contributed by atoms with Gasteiger partial charge in [-0.3, -0.25) is 19.1 Å². The van der Waals surface area contributed by atoms with Crippen LogP contribution in [-0.2, 0) is 11.3 Å². The molecule has 8 heteroatoms. The first-order valence-electron chi connectivity index (χ1n) is 7.14. The second kappa shape index (κ2) is 6.26. The van der Waals surface area contributed by atoms with Crippen molar-refractivity contribution in [2.45, 2.75) is 20.4 Å². The molecule has 0 saturated carbocycles. The lowest BCUT2D eigenvalue weighted by Gasteiger charge is -2.08. The second-order valence-electron chi connectivity index (χ2n) is 5.43. The number of fused-ring (bicyclic) bond motifs is 1. The van der Waals surface area contributed by atoms with Crippen LogP contribution in [0.4, 0.5) is 5.69 Å². The van der Waals surface area contributed by atoms with Crippen LogP contribution in [0.15, 0.2) is 33.9 Å². The smallest absolute Gasteiger partial charge is 0.324 e. The Balaban J connectivity index is 1.89. The molecule has 1 amide bonds. The van der Waals surface area contributed by atoms with Gasteiger partial charge in [0.15, 0.2) is 0 Å². The maximum Gasteiger partial charge on any atom is 0.329 e. The Morgan fingerprint density at radius 1 is 1.29 bits per heavy atom. The van der Waals surface area contributed by atoms with E-state index in [-0.39, 0.29) is 6.54 Å². The van der Waals surface area contributed by atoms with Crippen molar-refractivity contribution in [3.8, 4) is 0 Å². The van der Waals surface area contributed by atoms with E-state index < -0.39 is 17.2 Å². The molecule has 2 aromatic heterocycles. The minimum atomic E-state index is -0.605. The maximum absolute atomic E-state index is 12.4. The molecule has 1 aromatic carbocycles. The molecule has 0 bridgehead atoms. The summed E-state index contributed by atoms with van der Waals surface area (Å²) in [4.78, 5) is 40.7. The number of aromatic amines is 1. The number of aromatic nitrogens is 2. The quantitative estimate of drug-likeness (QED) is 0.750. The molecule has 0 unspecified atom stereocenters. The zero-order valence-corrected chi connectivity index (χ0v) is 14.5. The molecule has 0 radical (unpaired) electrons. The van der Waals surface area contributed by atoms with Gasteiger partial charge in [-0.05, 0) is 37.6 Å². The predicted molar refractivity (Wildman–Crippen MR) is 96.3 cm³/mol. The lowest BCUT2D eigenvalue weighted by molar-refractivity contribution is -0.116. The van der Waals surface area contributed by atoms with Crippen molar-refractivity contribution >= 4 is 44.7 Å². The first-order valence-corrected chi connectivity index (χ1v) is 8.34. The standard InChI is InChI=1S/C16H14ClN3O3S/c1-8-3-4-10(6-12(8)17)18-13(21)7-20-15(22)11-5-9(2)24-14(11)19-16(20)23/h3-6H,7H2,1-2H3,(H,18,21)(H,19,23). The average Bonchev–Trinajstić information content (AvgIpc) is 2.88. The van der Waals surface area contributed by atoms with Crippen LogP contribution in [0.3, 0.4) is 0 Å². The monoisotopic (exact) mass is 363 g/mol. The summed E-state index contributed by atoms with van der Waals surface area (Å²) in [5, 5.41) is 3.56. The lowest BCUT2D eigenvalue weighted by Crippen LogP contribution is -2.38. The summed E-state index contributed by atoms with van der Waals surface area (Å²) in [7, 11) is 0. The third-order valence-electron chi connectivity index (χ3n) is 3.55. The third kappa shape index (κ3) is 3.13. The molecule has 0 saturated heterocycles. The fourth-order valence-electron chi connectivity index (χ4n) is 2.33. The number of aryl methyl sites for hydroxylation is 2. The van der Waals surface area contributed by atoms with Crippen LogP contribution in [0.5, 0.6) is 0 Å². The molecule has 2 heterocycles. The van der Waals surface area contributed by atoms with Crippen LogP contribution in [-0.4, -0.2) is 15.5 Å². The fourth-order valence-corrected chi connectivity index (χ4v) is 3.40. The van der Waals surface area contributed by atoms with Crippen molar-refractivity contribution in [2.75, 3.05) is 5.32 Å². The molecule has 0 aliphatic heterocycles. The van der Waals surface area contributed by atoms with E-state index in [1.54, 1.807) is 24.3 Å². The molecule has 0 atom stereocenters. The van der Waals surface area contributed by atoms with E-state index in [9.17, 15) is 14.4 Å². The van der Waals surface area contributed by atoms with E-state index in [0.29, 0.717) is 20.9 Å².